The maximum absolute atomic E-state index is 10.4. The van der Waals surface area contributed by atoms with Crippen molar-refractivity contribution in [3.63, 3.8) is 0 Å². The van der Waals surface area contributed by atoms with Gasteiger partial charge in [-0.3, -0.25) is 9.69 Å². The maximum Gasteiger partial charge on any atom is 0.304 e. The first kappa shape index (κ1) is 12.4. The lowest BCUT2D eigenvalue weighted by molar-refractivity contribution is -0.137. The third-order valence-corrected chi connectivity index (χ3v) is 2.84. The van der Waals surface area contributed by atoms with Crippen molar-refractivity contribution >= 4 is 5.97 Å². The van der Waals surface area contributed by atoms with Crippen LogP contribution < -0.4 is 5.73 Å². The summed E-state index contributed by atoms with van der Waals surface area (Å²) >= 11 is 0. The van der Waals surface area contributed by atoms with E-state index < -0.39 is 5.97 Å². The highest BCUT2D eigenvalue weighted by atomic mass is 16.4. The van der Waals surface area contributed by atoms with Crippen LogP contribution in [0.4, 0.5) is 0 Å². The summed E-state index contributed by atoms with van der Waals surface area (Å²) in [6, 6.07) is -0.240. The maximum atomic E-state index is 10.4. The van der Waals surface area contributed by atoms with E-state index >= 15 is 0 Å². The predicted octanol–water partition coefficient (Wildman–Crippen LogP) is -0.574. The Morgan fingerprint density at radius 1 is 1.33 bits per heavy atom. The predicted molar refractivity (Wildman–Crippen MR) is 58.8 cm³/mol. The lowest BCUT2D eigenvalue weighted by atomic mass is 10.2. The van der Waals surface area contributed by atoms with Gasteiger partial charge in [-0.2, -0.15) is 0 Å². The minimum absolute atomic E-state index is 0.0635. The number of hydrogen-bond acceptors (Lipinski definition) is 4. The van der Waals surface area contributed by atoms with E-state index in [9.17, 15) is 4.79 Å². The summed E-state index contributed by atoms with van der Waals surface area (Å²) in [6.45, 7) is 8.08. The molecule has 3 N–H and O–H groups in total. The zero-order chi connectivity index (χ0) is 11.3. The molecular formula is C10H21N3O2. The molecule has 0 spiro atoms. The Labute approximate surface area is 90.8 Å². The number of nitrogens with zero attached hydrogens (tertiary/aromatic N) is 2. The average molecular weight is 215 g/mol. The highest BCUT2D eigenvalue weighted by molar-refractivity contribution is 5.67. The average Bonchev–Trinajstić information content (AvgIpc) is 2.17. The molecule has 0 aromatic rings. The Balaban J connectivity index is 2.20. The molecule has 1 saturated heterocycles. The van der Waals surface area contributed by atoms with Gasteiger partial charge in [0, 0.05) is 38.8 Å². The molecule has 0 bridgehead atoms. The van der Waals surface area contributed by atoms with E-state index in [4.69, 9.17) is 10.8 Å². The number of piperazine rings is 1. The largest absolute Gasteiger partial charge is 0.481 e. The summed E-state index contributed by atoms with van der Waals surface area (Å²) < 4.78 is 0. The Kier molecular flexibility index (Phi) is 5.01. The van der Waals surface area contributed by atoms with Crippen LogP contribution in [0.15, 0.2) is 0 Å². The normalized spacial score (nSPS) is 21.5. The molecule has 5 nitrogen and oxygen atoms in total. The molecule has 0 aromatic carbocycles. The van der Waals surface area contributed by atoms with Crippen LogP contribution in [0, 0.1) is 0 Å². The second-order valence-electron chi connectivity index (χ2n) is 4.09. The van der Waals surface area contributed by atoms with E-state index in [2.05, 4.69) is 16.7 Å². The highest BCUT2D eigenvalue weighted by Crippen LogP contribution is 2.02. The molecule has 0 aromatic heterocycles. The number of carbonyl (C=O) groups is 1. The summed E-state index contributed by atoms with van der Waals surface area (Å²) in [7, 11) is 0. The summed E-state index contributed by atoms with van der Waals surface area (Å²) in [6.07, 6.45) is 0.0635. The van der Waals surface area contributed by atoms with Crippen LogP contribution in [0.5, 0.6) is 0 Å². The molecule has 5 heteroatoms. The van der Waals surface area contributed by atoms with Gasteiger partial charge in [0.1, 0.15) is 0 Å². The monoisotopic (exact) mass is 215 g/mol. The fraction of sp³-hybridized carbons (Fsp3) is 0.900. The topological polar surface area (TPSA) is 69.8 Å². The minimum Gasteiger partial charge on any atom is -0.481 e. The van der Waals surface area contributed by atoms with Crippen molar-refractivity contribution in [2.45, 2.75) is 19.4 Å². The van der Waals surface area contributed by atoms with Crippen molar-refractivity contribution in [1.82, 2.24) is 9.80 Å². The number of likely N-dealkylation sites (N-methyl/N-ethyl adjacent to an activating group) is 1. The molecule has 88 valence electrons. The fourth-order valence-electron chi connectivity index (χ4n) is 1.91. The van der Waals surface area contributed by atoms with Gasteiger partial charge < -0.3 is 15.7 Å². The Bertz CT molecular complexity index is 203. The summed E-state index contributed by atoms with van der Waals surface area (Å²) in [5.41, 5.74) is 5.74. The molecule has 1 aliphatic heterocycles. The van der Waals surface area contributed by atoms with Gasteiger partial charge in [0.2, 0.25) is 0 Å². The van der Waals surface area contributed by atoms with Crippen molar-refractivity contribution in [2.24, 2.45) is 5.73 Å². The quantitative estimate of drug-likeness (QED) is 0.642. The van der Waals surface area contributed by atoms with Crippen LogP contribution in [0.25, 0.3) is 0 Å². The van der Waals surface area contributed by atoms with E-state index in [1.807, 2.05) is 0 Å². The molecule has 0 radical (unpaired) electrons. The zero-order valence-corrected chi connectivity index (χ0v) is 9.35. The molecule has 1 fully saturated rings. The van der Waals surface area contributed by atoms with Gasteiger partial charge in [0.25, 0.3) is 0 Å². The first-order chi connectivity index (χ1) is 7.11. The van der Waals surface area contributed by atoms with E-state index in [0.717, 1.165) is 32.7 Å². The number of rotatable bonds is 5. The van der Waals surface area contributed by atoms with Crippen LogP contribution in [0.1, 0.15) is 13.3 Å². The molecular weight excluding hydrogens is 194 g/mol. The van der Waals surface area contributed by atoms with Crippen molar-refractivity contribution in [3.05, 3.63) is 0 Å². The third-order valence-electron chi connectivity index (χ3n) is 2.84. The van der Waals surface area contributed by atoms with E-state index in [1.54, 1.807) is 0 Å². The summed E-state index contributed by atoms with van der Waals surface area (Å²) in [4.78, 5) is 15.1. The molecule has 1 rings (SSSR count). The van der Waals surface area contributed by atoms with Gasteiger partial charge in [-0.25, -0.2) is 0 Å². The van der Waals surface area contributed by atoms with Crippen LogP contribution in [0.2, 0.25) is 0 Å². The second-order valence-corrected chi connectivity index (χ2v) is 4.09. The molecule has 0 aliphatic carbocycles. The molecule has 1 aliphatic rings. The van der Waals surface area contributed by atoms with Crippen molar-refractivity contribution < 1.29 is 9.90 Å². The lowest BCUT2D eigenvalue weighted by Gasteiger charge is -2.35. The summed E-state index contributed by atoms with van der Waals surface area (Å²) in [5, 5.41) is 8.59. The highest BCUT2D eigenvalue weighted by Gasteiger charge is 2.18. The SMILES string of the molecule is CCN1CCN(CC(N)CC(=O)O)CC1. The van der Waals surface area contributed by atoms with Crippen LogP contribution in [0.3, 0.4) is 0 Å². The van der Waals surface area contributed by atoms with E-state index in [0.29, 0.717) is 6.54 Å². The first-order valence-electron chi connectivity index (χ1n) is 5.54. The molecule has 1 unspecified atom stereocenters. The fourth-order valence-corrected chi connectivity index (χ4v) is 1.91. The smallest absolute Gasteiger partial charge is 0.304 e. The molecule has 0 amide bonds. The van der Waals surface area contributed by atoms with Crippen molar-refractivity contribution in [1.29, 1.82) is 0 Å². The minimum atomic E-state index is -0.810. The number of aliphatic carboxylic acids is 1. The lowest BCUT2D eigenvalue weighted by Crippen LogP contribution is -2.49. The molecule has 1 atom stereocenters. The number of carboxylic acid groups (broad SMARTS) is 1. The third kappa shape index (κ3) is 4.59. The van der Waals surface area contributed by atoms with Gasteiger partial charge in [0.15, 0.2) is 0 Å². The van der Waals surface area contributed by atoms with Gasteiger partial charge >= 0.3 is 5.97 Å². The van der Waals surface area contributed by atoms with Crippen molar-refractivity contribution in [2.75, 3.05) is 39.3 Å². The molecule has 0 saturated carbocycles. The van der Waals surface area contributed by atoms with Gasteiger partial charge in [-0.05, 0) is 6.54 Å². The molecule has 15 heavy (non-hydrogen) atoms. The van der Waals surface area contributed by atoms with Crippen LogP contribution >= 0.6 is 0 Å². The number of nitrogens with two attached hydrogens (primary N) is 1. The number of carboxylic acids is 1. The summed E-state index contributed by atoms with van der Waals surface area (Å²) in [5.74, 6) is -0.810. The van der Waals surface area contributed by atoms with Crippen LogP contribution in [-0.2, 0) is 4.79 Å². The Morgan fingerprint density at radius 3 is 2.33 bits per heavy atom. The first-order valence-corrected chi connectivity index (χ1v) is 5.54. The van der Waals surface area contributed by atoms with Crippen molar-refractivity contribution in [3.8, 4) is 0 Å². The Morgan fingerprint density at radius 2 is 1.87 bits per heavy atom. The van der Waals surface area contributed by atoms with E-state index in [-0.39, 0.29) is 12.5 Å². The number of hydrogen-bond donors (Lipinski definition) is 2. The molecule has 1 heterocycles. The second kappa shape index (κ2) is 6.05. The van der Waals surface area contributed by atoms with Gasteiger partial charge in [-0.1, -0.05) is 6.92 Å². The van der Waals surface area contributed by atoms with Gasteiger partial charge in [0.05, 0.1) is 6.42 Å². The van der Waals surface area contributed by atoms with Crippen LogP contribution in [-0.4, -0.2) is 66.2 Å². The van der Waals surface area contributed by atoms with E-state index in [1.165, 1.54) is 0 Å². The standard InChI is InChI=1S/C10H21N3O2/c1-2-12-3-5-13(6-4-12)8-9(11)7-10(14)15/h9H,2-8,11H2,1H3,(H,14,15). The zero-order valence-electron chi connectivity index (χ0n) is 9.35. The van der Waals surface area contributed by atoms with Gasteiger partial charge in [-0.15, -0.1) is 0 Å². The Hall–Kier alpha value is -0.650.